The van der Waals surface area contributed by atoms with Gasteiger partial charge < -0.3 is 19.7 Å². The zero-order valence-electron chi connectivity index (χ0n) is 16.3. The van der Waals surface area contributed by atoms with E-state index in [4.69, 9.17) is 9.47 Å². The Kier molecular flexibility index (Phi) is 6.73. The molecule has 1 aromatic rings. The summed E-state index contributed by atoms with van der Waals surface area (Å²) >= 11 is 0. The van der Waals surface area contributed by atoms with Gasteiger partial charge in [-0.15, -0.1) is 0 Å². The lowest BCUT2D eigenvalue weighted by molar-refractivity contribution is -0.0671. The molecule has 0 bridgehead atoms. The van der Waals surface area contributed by atoms with E-state index in [-0.39, 0.29) is 13.2 Å². The first-order chi connectivity index (χ1) is 13.5. The molecular formula is C22H30O6. The molecule has 3 rings (SSSR count). The molecule has 154 valence electrons. The van der Waals surface area contributed by atoms with E-state index in [0.717, 1.165) is 38.5 Å². The molecule has 0 aromatic heterocycles. The molecule has 1 aromatic carbocycles. The van der Waals surface area contributed by atoms with Gasteiger partial charge in [-0.2, -0.15) is 0 Å². The second-order valence-corrected chi connectivity index (χ2v) is 8.16. The van der Waals surface area contributed by atoms with Crippen molar-refractivity contribution in [3.63, 3.8) is 0 Å². The molecular weight excluding hydrogens is 360 g/mol. The molecule has 0 atom stereocenters. The Morgan fingerprint density at radius 2 is 1.00 bits per heavy atom. The average molecular weight is 390 g/mol. The summed E-state index contributed by atoms with van der Waals surface area (Å²) in [4.78, 5) is 25.0. The highest BCUT2D eigenvalue weighted by molar-refractivity contribution is 5.93. The minimum absolute atomic E-state index is 0.174. The number of hydrogen-bond donors (Lipinski definition) is 2. The Bertz CT molecular complexity index is 610. The highest BCUT2D eigenvalue weighted by atomic mass is 16.6. The van der Waals surface area contributed by atoms with E-state index in [0.29, 0.717) is 36.8 Å². The van der Waals surface area contributed by atoms with Crippen LogP contribution < -0.4 is 0 Å². The topological polar surface area (TPSA) is 93.1 Å². The van der Waals surface area contributed by atoms with E-state index in [1.807, 2.05) is 0 Å². The van der Waals surface area contributed by atoms with Crippen LogP contribution in [0.3, 0.4) is 0 Å². The highest BCUT2D eigenvalue weighted by Gasteiger charge is 2.37. The highest BCUT2D eigenvalue weighted by Crippen LogP contribution is 2.33. The molecule has 2 aliphatic carbocycles. The van der Waals surface area contributed by atoms with Gasteiger partial charge in [0.05, 0.1) is 24.3 Å². The number of esters is 2. The maximum Gasteiger partial charge on any atom is 0.338 e. The molecule has 2 fully saturated rings. The van der Waals surface area contributed by atoms with Crippen LogP contribution >= 0.6 is 0 Å². The molecule has 0 saturated heterocycles. The molecule has 0 radical (unpaired) electrons. The molecule has 0 spiro atoms. The van der Waals surface area contributed by atoms with Gasteiger partial charge in [-0.3, -0.25) is 0 Å². The fourth-order valence-electron chi connectivity index (χ4n) is 4.23. The van der Waals surface area contributed by atoms with Crippen molar-refractivity contribution < 1.29 is 29.3 Å². The Morgan fingerprint density at radius 3 is 1.29 bits per heavy atom. The first-order valence-electron chi connectivity index (χ1n) is 10.3. The fraction of sp³-hybridized carbons (Fsp3) is 0.636. The van der Waals surface area contributed by atoms with Crippen molar-refractivity contribution in [3.05, 3.63) is 35.4 Å². The summed E-state index contributed by atoms with van der Waals surface area (Å²) in [5.74, 6) is -0.982. The SMILES string of the molecule is O=C(OC1(CO)CCCCC1)c1ccc(C(=O)OC2(CO)CCCCC2)cc1. The zero-order chi connectivity index (χ0) is 20.0. The van der Waals surface area contributed by atoms with Gasteiger partial charge in [0.2, 0.25) is 0 Å². The lowest BCUT2D eigenvalue weighted by Crippen LogP contribution is -2.41. The summed E-state index contributed by atoms with van der Waals surface area (Å²) < 4.78 is 11.3. The normalized spacial score (nSPS) is 20.9. The van der Waals surface area contributed by atoms with Crippen molar-refractivity contribution in [2.75, 3.05) is 13.2 Å². The Hall–Kier alpha value is -1.92. The van der Waals surface area contributed by atoms with Crippen LogP contribution in [0.5, 0.6) is 0 Å². The summed E-state index contributed by atoms with van der Waals surface area (Å²) in [6, 6.07) is 6.16. The van der Waals surface area contributed by atoms with E-state index in [1.54, 1.807) is 24.3 Å². The van der Waals surface area contributed by atoms with Gasteiger partial charge in [-0.05, 0) is 75.6 Å². The van der Waals surface area contributed by atoms with Gasteiger partial charge in [-0.1, -0.05) is 12.8 Å². The van der Waals surface area contributed by atoms with Gasteiger partial charge in [0, 0.05) is 0 Å². The lowest BCUT2D eigenvalue weighted by atomic mass is 9.85. The van der Waals surface area contributed by atoms with E-state index in [2.05, 4.69) is 0 Å². The smallest absolute Gasteiger partial charge is 0.338 e. The Morgan fingerprint density at radius 1 is 0.679 bits per heavy atom. The predicted octanol–water partition coefficient (Wildman–Crippen LogP) is 3.39. The molecule has 0 aliphatic heterocycles. The molecule has 6 heteroatoms. The van der Waals surface area contributed by atoms with Crippen LogP contribution in [0.25, 0.3) is 0 Å². The summed E-state index contributed by atoms with van der Waals surface area (Å²) in [5.41, 5.74) is -0.906. The van der Waals surface area contributed by atoms with Crippen molar-refractivity contribution in [3.8, 4) is 0 Å². The molecule has 2 saturated carbocycles. The number of aliphatic hydroxyl groups is 2. The standard InChI is InChI=1S/C22H30O6/c23-15-21(11-3-1-4-12-21)27-19(25)17-7-9-18(10-8-17)20(26)28-22(16-24)13-5-2-6-14-22/h7-10,23-24H,1-6,11-16H2. The minimum Gasteiger partial charge on any atom is -0.453 e. The quantitative estimate of drug-likeness (QED) is 0.723. The van der Waals surface area contributed by atoms with Crippen molar-refractivity contribution in [2.24, 2.45) is 0 Å². The minimum atomic E-state index is -0.790. The fourth-order valence-corrected chi connectivity index (χ4v) is 4.23. The third-order valence-corrected chi connectivity index (χ3v) is 6.08. The molecule has 28 heavy (non-hydrogen) atoms. The van der Waals surface area contributed by atoms with Crippen LogP contribution in [-0.2, 0) is 9.47 Å². The summed E-state index contributed by atoms with van der Waals surface area (Å²) in [6.07, 6.45) is 8.60. The summed E-state index contributed by atoms with van der Waals surface area (Å²) in [6.45, 7) is -0.348. The van der Waals surface area contributed by atoms with Gasteiger partial charge in [0.1, 0.15) is 11.2 Å². The van der Waals surface area contributed by atoms with Crippen LogP contribution in [0.2, 0.25) is 0 Å². The zero-order valence-corrected chi connectivity index (χ0v) is 16.3. The van der Waals surface area contributed by atoms with E-state index in [9.17, 15) is 19.8 Å². The second kappa shape index (κ2) is 9.05. The summed E-state index contributed by atoms with van der Waals surface area (Å²) in [5, 5.41) is 19.4. The van der Waals surface area contributed by atoms with Crippen molar-refractivity contribution >= 4 is 11.9 Å². The number of carbonyl (C=O) groups is 2. The maximum absolute atomic E-state index is 12.5. The van der Waals surface area contributed by atoms with E-state index >= 15 is 0 Å². The third-order valence-electron chi connectivity index (χ3n) is 6.08. The first kappa shape index (κ1) is 20.8. The average Bonchev–Trinajstić information content (AvgIpc) is 2.75. The number of aliphatic hydroxyl groups excluding tert-OH is 2. The number of carbonyl (C=O) groups excluding carboxylic acids is 2. The second-order valence-electron chi connectivity index (χ2n) is 8.16. The number of hydrogen-bond acceptors (Lipinski definition) is 6. The van der Waals surface area contributed by atoms with Crippen LogP contribution in [0.15, 0.2) is 24.3 Å². The molecule has 2 aliphatic rings. The van der Waals surface area contributed by atoms with E-state index < -0.39 is 23.1 Å². The maximum atomic E-state index is 12.5. The first-order valence-corrected chi connectivity index (χ1v) is 10.3. The van der Waals surface area contributed by atoms with Gasteiger partial charge in [0.15, 0.2) is 0 Å². The van der Waals surface area contributed by atoms with Crippen LogP contribution in [0.1, 0.15) is 84.9 Å². The van der Waals surface area contributed by atoms with Gasteiger partial charge >= 0.3 is 11.9 Å². The van der Waals surface area contributed by atoms with Gasteiger partial charge in [0.25, 0.3) is 0 Å². The largest absolute Gasteiger partial charge is 0.453 e. The molecule has 0 amide bonds. The Balaban J connectivity index is 1.63. The van der Waals surface area contributed by atoms with Crippen LogP contribution in [0.4, 0.5) is 0 Å². The molecule has 6 nitrogen and oxygen atoms in total. The lowest BCUT2D eigenvalue weighted by Gasteiger charge is -2.35. The molecule has 2 N–H and O–H groups in total. The number of benzene rings is 1. The van der Waals surface area contributed by atoms with E-state index in [1.165, 1.54) is 0 Å². The van der Waals surface area contributed by atoms with Crippen molar-refractivity contribution in [1.29, 1.82) is 0 Å². The third kappa shape index (κ3) is 4.73. The number of ether oxygens (including phenoxy) is 2. The monoisotopic (exact) mass is 390 g/mol. The Labute approximate surface area is 165 Å². The summed E-state index contributed by atoms with van der Waals surface area (Å²) in [7, 11) is 0. The van der Waals surface area contributed by atoms with Crippen molar-refractivity contribution in [2.45, 2.75) is 75.4 Å². The number of rotatable bonds is 6. The molecule has 0 heterocycles. The predicted molar refractivity (Wildman–Crippen MR) is 103 cm³/mol. The van der Waals surface area contributed by atoms with Crippen LogP contribution in [-0.4, -0.2) is 46.6 Å². The van der Waals surface area contributed by atoms with Gasteiger partial charge in [-0.25, -0.2) is 9.59 Å². The van der Waals surface area contributed by atoms with Crippen molar-refractivity contribution in [1.82, 2.24) is 0 Å². The molecule has 0 unspecified atom stereocenters. The van der Waals surface area contributed by atoms with Crippen LogP contribution in [0, 0.1) is 0 Å².